The smallest absolute Gasteiger partial charge is 0.268 e. The second kappa shape index (κ2) is 7.28. The zero-order valence-corrected chi connectivity index (χ0v) is 14.8. The van der Waals surface area contributed by atoms with Gasteiger partial charge in [0.05, 0.1) is 0 Å². The Hall–Kier alpha value is -2.32. The average molecular weight is 360 g/mol. The summed E-state index contributed by atoms with van der Waals surface area (Å²) in [5, 5.41) is 23.1. The molecule has 1 atom stereocenters. The van der Waals surface area contributed by atoms with Crippen molar-refractivity contribution in [2.24, 2.45) is 0 Å². The minimum Gasteiger partial charge on any atom is -0.372 e. The van der Waals surface area contributed by atoms with Crippen molar-refractivity contribution < 1.29 is 14.7 Å². The van der Waals surface area contributed by atoms with Crippen LogP contribution in [-0.2, 0) is 22.4 Å². The minimum absolute atomic E-state index is 0.0748. The van der Waals surface area contributed by atoms with Crippen molar-refractivity contribution in [2.75, 3.05) is 18.0 Å². The molecule has 1 aliphatic heterocycles. The molecule has 2 aromatic rings. The molecule has 1 aromatic heterocycles. The van der Waals surface area contributed by atoms with E-state index >= 15 is 0 Å². The fourth-order valence-electron chi connectivity index (χ4n) is 2.73. The van der Waals surface area contributed by atoms with Crippen molar-refractivity contribution in [1.82, 2.24) is 15.5 Å². The summed E-state index contributed by atoms with van der Waals surface area (Å²) in [4.78, 5) is 26.3. The third-order valence-corrected chi connectivity index (χ3v) is 5.30. The second-order valence-corrected chi connectivity index (χ2v) is 7.00. The third-order valence-electron chi connectivity index (χ3n) is 4.18. The number of para-hydroxylation sites is 1. The van der Waals surface area contributed by atoms with Crippen molar-refractivity contribution in [2.45, 2.75) is 31.8 Å². The molecule has 2 heterocycles. The van der Waals surface area contributed by atoms with Gasteiger partial charge in [0, 0.05) is 31.6 Å². The molecule has 1 saturated heterocycles. The van der Waals surface area contributed by atoms with Crippen molar-refractivity contribution >= 4 is 28.8 Å². The average Bonchev–Trinajstić information content (AvgIpc) is 3.21. The van der Waals surface area contributed by atoms with Crippen LogP contribution >= 0.6 is 11.3 Å². The molecule has 1 aromatic carbocycles. The predicted molar refractivity (Wildman–Crippen MR) is 94.4 cm³/mol. The number of amides is 2. The van der Waals surface area contributed by atoms with Crippen molar-refractivity contribution in [3.8, 4) is 0 Å². The second-order valence-electron chi connectivity index (χ2n) is 5.85. The van der Waals surface area contributed by atoms with E-state index in [1.54, 1.807) is 12.1 Å². The van der Waals surface area contributed by atoms with Crippen LogP contribution in [0.3, 0.4) is 0 Å². The molecule has 2 N–H and O–H groups in total. The summed E-state index contributed by atoms with van der Waals surface area (Å²) in [5.41, 5.74) is -1.33. The summed E-state index contributed by atoms with van der Waals surface area (Å²) in [7, 11) is 0. The Morgan fingerprint density at radius 2 is 2.04 bits per heavy atom. The molecule has 3 rings (SSSR count). The molecule has 7 nitrogen and oxygen atoms in total. The highest BCUT2D eigenvalue weighted by molar-refractivity contribution is 7.11. The quantitative estimate of drug-likeness (QED) is 0.747. The monoisotopic (exact) mass is 360 g/mol. The van der Waals surface area contributed by atoms with Gasteiger partial charge in [-0.3, -0.25) is 9.59 Å². The van der Waals surface area contributed by atoms with E-state index in [9.17, 15) is 14.7 Å². The van der Waals surface area contributed by atoms with Crippen LogP contribution < -0.4 is 10.2 Å². The normalized spacial score (nSPS) is 20.1. The molecule has 8 heteroatoms. The van der Waals surface area contributed by atoms with Crippen LogP contribution in [0.4, 0.5) is 5.69 Å². The number of nitrogens with one attached hydrogen (secondary N) is 1. The Balaban J connectivity index is 1.58. The maximum absolute atomic E-state index is 12.5. The maximum Gasteiger partial charge on any atom is 0.268 e. The van der Waals surface area contributed by atoms with Gasteiger partial charge in [-0.1, -0.05) is 25.1 Å². The Morgan fingerprint density at radius 3 is 2.72 bits per heavy atom. The van der Waals surface area contributed by atoms with Crippen LogP contribution in [0.25, 0.3) is 0 Å². The van der Waals surface area contributed by atoms with E-state index in [-0.39, 0.29) is 6.42 Å². The lowest BCUT2D eigenvalue weighted by molar-refractivity contribution is -0.149. The number of aliphatic hydroxyl groups is 1. The van der Waals surface area contributed by atoms with Gasteiger partial charge in [-0.15, -0.1) is 21.5 Å². The van der Waals surface area contributed by atoms with Crippen LogP contribution in [0.5, 0.6) is 0 Å². The van der Waals surface area contributed by atoms with Gasteiger partial charge in [0.1, 0.15) is 10.0 Å². The summed E-state index contributed by atoms with van der Waals surface area (Å²) in [6.07, 6.45) is 1.43. The van der Waals surface area contributed by atoms with E-state index < -0.39 is 17.4 Å². The Labute approximate surface area is 149 Å². The van der Waals surface area contributed by atoms with Crippen LogP contribution in [0, 0.1) is 0 Å². The molecule has 0 unspecified atom stereocenters. The summed E-state index contributed by atoms with van der Waals surface area (Å²) < 4.78 is 0. The van der Waals surface area contributed by atoms with E-state index in [0.29, 0.717) is 25.2 Å². The van der Waals surface area contributed by atoms with Crippen molar-refractivity contribution in [3.05, 3.63) is 40.3 Å². The van der Waals surface area contributed by atoms with E-state index in [2.05, 4.69) is 15.5 Å². The summed E-state index contributed by atoms with van der Waals surface area (Å²) in [6, 6.07) is 9.03. The van der Waals surface area contributed by atoms with E-state index in [1.165, 1.54) is 16.2 Å². The lowest BCUT2D eigenvalue weighted by atomic mass is 10.0. The van der Waals surface area contributed by atoms with E-state index in [0.717, 1.165) is 16.4 Å². The van der Waals surface area contributed by atoms with Gasteiger partial charge < -0.3 is 15.3 Å². The van der Waals surface area contributed by atoms with Gasteiger partial charge in [-0.05, 0) is 18.6 Å². The third kappa shape index (κ3) is 3.54. The van der Waals surface area contributed by atoms with Gasteiger partial charge in [0.2, 0.25) is 5.60 Å². The summed E-state index contributed by atoms with van der Waals surface area (Å²) in [5.74, 6) is -1.24. The highest BCUT2D eigenvalue weighted by atomic mass is 32.1. The minimum atomic E-state index is -2.01. The van der Waals surface area contributed by atoms with Gasteiger partial charge >= 0.3 is 0 Å². The molecule has 132 valence electrons. The molecule has 1 fully saturated rings. The van der Waals surface area contributed by atoms with Crippen molar-refractivity contribution in [1.29, 1.82) is 0 Å². The molecule has 0 bridgehead atoms. The van der Waals surface area contributed by atoms with Crippen molar-refractivity contribution in [3.63, 3.8) is 0 Å². The lowest BCUT2D eigenvalue weighted by Gasteiger charge is -2.21. The number of aryl methyl sites for hydroxylation is 1. The molecule has 0 radical (unpaired) electrons. The lowest BCUT2D eigenvalue weighted by Crippen LogP contribution is -2.52. The summed E-state index contributed by atoms with van der Waals surface area (Å²) in [6.45, 7) is 2.62. The Bertz CT molecular complexity index is 764. The molecule has 0 spiro atoms. The number of hydrogen-bond donors (Lipinski definition) is 2. The van der Waals surface area contributed by atoms with Crippen LogP contribution in [0.15, 0.2) is 30.3 Å². The zero-order chi connectivity index (χ0) is 17.9. The Kier molecular flexibility index (Phi) is 5.10. The highest BCUT2D eigenvalue weighted by Crippen LogP contribution is 2.28. The number of anilines is 1. The van der Waals surface area contributed by atoms with Gasteiger partial charge in [-0.25, -0.2) is 0 Å². The highest BCUT2D eigenvalue weighted by Gasteiger charge is 2.51. The first-order chi connectivity index (χ1) is 12.0. The number of rotatable bonds is 6. The number of nitrogens with zero attached hydrogens (tertiary/aromatic N) is 3. The molecule has 2 amide bonds. The first-order valence-electron chi connectivity index (χ1n) is 8.23. The Morgan fingerprint density at radius 1 is 1.32 bits per heavy atom. The first kappa shape index (κ1) is 17.5. The van der Waals surface area contributed by atoms with Crippen LogP contribution in [-0.4, -0.2) is 45.8 Å². The standard InChI is InChI=1S/C17H20N4O3S/c1-2-13-19-20-14(25-13)8-10-18-15(22)17(24)9-11-21(16(17)23)12-6-4-3-5-7-12/h3-7,24H,2,8-11H2,1H3,(H,18,22)/t17-/m0/s1. The van der Waals surface area contributed by atoms with Gasteiger partial charge in [0.15, 0.2) is 0 Å². The molecule has 25 heavy (non-hydrogen) atoms. The fraction of sp³-hybridized carbons (Fsp3) is 0.412. The van der Waals surface area contributed by atoms with E-state index in [1.807, 2.05) is 25.1 Å². The van der Waals surface area contributed by atoms with Crippen LogP contribution in [0.2, 0.25) is 0 Å². The number of aromatic nitrogens is 2. The largest absolute Gasteiger partial charge is 0.372 e. The van der Waals surface area contributed by atoms with Gasteiger partial charge in [0.25, 0.3) is 11.8 Å². The maximum atomic E-state index is 12.5. The fourth-order valence-corrected chi connectivity index (χ4v) is 3.52. The molecule has 0 saturated carbocycles. The van der Waals surface area contributed by atoms with Gasteiger partial charge in [-0.2, -0.15) is 0 Å². The number of benzene rings is 1. The van der Waals surface area contributed by atoms with E-state index in [4.69, 9.17) is 0 Å². The topological polar surface area (TPSA) is 95.4 Å². The first-order valence-corrected chi connectivity index (χ1v) is 9.05. The molecule has 0 aliphatic carbocycles. The SMILES string of the molecule is CCc1nnc(CCNC(=O)[C@@]2(O)CCN(c3ccccc3)C2=O)s1. The number of carbonyl (C=O) groups excluding carboxylic acids is 2. The zero-order valence-electron chi connectivity index (χ0n) is 13.9. The molecule has 1 aliphatic rings. The predicted octanol–water partition coefficient (Wildman–Crippen LogP) is 0.927. The summed E-state index contributed by atoms with van der Waals surface area (Å²) >= 11 is 1.50. The van der Waals surface area contributed by atoms with Crippen LogP contribution in [0.1, 0.15) is 23.4 Å². The molecular weight excluding hydrogens is 340 g/mol. The number of carbonyl (C=O) groups is 2. The number of hydrogen-bond acceptors (Lipinski definition) is 6. The molecular formula is C17H20N4O3S.